The van der Waals surface area contributed by atoms with Gasteiger partial charge in [-0.1, -0.05) is 30.3 Å². The third kappa shape index (κ3) is 4.30. The Hall–Kier alpha value is -2.64. The first-order chi connectivity index (χ1) is 12.6. The Morgan fingerprint density at radius 3 is 2.50 bits per heavy atom. The average molecular weight is 371 g/mol. The molecule has 0 aliphatic rings. The first kappa shape index (κ1) is 18.2. The van der Waals surface area contributed by atoms with Crippen molar-refractivity contribution in [1.82, 2.24) is 14.3 Å². The lowest BCUT2D eigenvalue weighted by Crippen LogP contribution is -2.25. The molecule has 6 nitrogen and oxygen atoms in total. The second-order valence-electron chi connectivity index (χ2n) is 5.74. The fraction of sp³-hybridized carbons (Fsp3) is 0.211. The lowest BCUT2D eigenvalue weighted by Gasteiger charge is -2.10. The van der Waals surface area contributed by atoms with Gasteiger partial charge in [-0.25, -0.2) is 18.1 Å². The second-order valence-corrected chi connectivity index (χ2v) is 7.50. The fourth-order valence-electron chi connectivity index (χ4n) is 2.63. The number of sulfonamides is 1. The van der Waals surface area contributed by atoms with Crippen molar-refractivity contribution in [1.29, 1.82) is 0 Å². The maximum atomic E-state index is 12.3. The molecule has 0 fully saturated rings. The summed E-state index contributed by atoms with van der Waals surface area (Å²) in [5.41, 5.74) is 1.04. The molecule has 1 N–H and O–H groups in total. The van der Waals surface area contributed by atoms with Crippen LogP contribution in [0, 0.1) is 0 Å². The molecule has 0 saturated heterocycles. The van der Waals surface area contributed by atoms with E-state index in [-0.39, 0.29) is 4.90 Å². The van der Waals surface area contributed by atoms with Crippen molar-refractivity contribution in [2.45, 2.75) is 17.9 Å². The Labute approximate surface area is 153 Å². The Morgan fingerprint density at radius 1 is 1.08 bits per heavy atom. The van der Waals surface area contributed by atoms with Gasteiger partial charge in [-0.05, 0) is 30.7 Å². The third-order valence-corrected chi connectivity index (χ3v) is 5.46. The van der Waals surface area contributed by atoms with E-state index in [2.05, 4.69) is 9.71 Å². The quantitative estimate of drug-likeness (QED) is 0.618. The molecule has 3 rings (SSSR count). The summed E-state index contributed by atoms with van der Waals surface area (Å²) in [4.78, 5) is 4.62. The van der Waals surface area contributed by atoms with Crippen molar-refractivity contribution in [3.8, 4) is 17.1 Å². The van der Waals surface area contributed by atoms with Crippen LogP contribution in [0.5, 0.6) is 5.75 Å². The van der Waals surface area contributed by atoms with E-state index in [1.165, 1.54) is 12.1 Å². The minimum absolute atomic E-state index is 0.228. The number of imidazole rings is 1. The number of aromatic nitrogens is 2. The van der Waals surface area contributed by atoms with Gasteiger partial charge in [0.1, 0.15) is 11.6 Å². The van der Waals surface area contributed by atoms with Crippen LogP contribution in [0.25, 0.3) is 11.4 Å². The predicted molar refractivity (Wildman–Crippen MR) is 100 cm³/mol. The molecule has 26 heavy (non-hydrogen) atoms. The van der Waals surface area contributed by atoms with Crippen molar-refractivity contribution >= 4 is 10.0 Å². The Kier molecular flexibility index (Phi) is 5.70. The molecule has 0 bridgehead atoms. The van der Waals surface area contributed by atoms with Gasteiger partial charge in [-0.3, -0.25) is 0 Å². The smallest absolute Gasteiger partial charge is 0.240 e. The van der Waals surface area contributed by atoms with Gasteiger partial charge in [0.2, 0.25) is 10.0 Å². The molecule has 0 amide bonds. The van der Waals surface area contributed by atoms with E-state index in [0.29, 0.717) is 25.3 Å². The van der Waals surface area contributed by atoms with E-state index < -0.39 is 10.0 Å². The molecule has 3 aromatic rings. The molecule has 136 valence electrons. The first-order valence-corrected chi connectivity index (χ1v) is 9.79. The summed E-state index contributed by atoms with van der Waals surface area (Å²) in [6.45, 7) is 1.02. The molecule has 0 atom stereocenters. The standard InChI is InChI=1S/C19H21N3O3S/c1-25-17-8-10-18(11-9-17)26(23,24)21-12-5-14-22-15-13-20-19(22)16-6-3-2-4-7-16/h2-4,6-11,13,15,21H,5,12,14H2,1H3. The van der Waals surface area contributed by atoms with E-state index in [1.54, 1.807) is 25.4 Å². The summed E-state index contributed by atoms with van der Waals surface area (Å²) in [7, 11) is -1.98. The van der Waals surface area contributed by atoms with Crippen LogP contribution < -0.4 is 9.46 Å². The second kappa shape index (κ2) is 8.16. The number of nitrogens with one attached hydrogen (secondary N) is 1. The van der Waals surface area contributed by atoms with E-state index >= 15 is 0 Å². The van der Waals surface area contributed by atoms with Crippen LogP contribution in [0.3, 0.4) is 0 Å². The molecule has 1 aromatic heterocycles. The van der Waals surface area contributed by atoms with Gasteiger partial charge in [-0.2, -0.15) is 0 Å². The number of benzene rings is 2. The lowest BCUT2D eigenvalue weighted by atomic mass is 10.2. The average Bonchev–Trinajstić information content (AvgIpc) is 3.14. The number of rotatable bonds is 8. The minimum Gasteiger partial charge on any atom is -0.497 e. The van der Waals surface area contributed by atoms with Gasteiger partial charge in [0.15, 0.2) is 0 Å². The monoisotopic (exact) mass is 371 g/mol. The third-order valence-electron chi connectivity index (χ3n) is 3.99. The molecular weight excluding hydrogens is 350 g/mol. The Bertz CT molecular complexity index is 936. The van der Waals surface area contributed by atoms with Crippen LogP contribution >= 0.6 is 0 Å². The van der Waals surface area contributed by atoms with Gasteiger partial charge >= 0.3 is 0 Å². The van der Waals surface area contributed by atoms with Crippen molar-refractivity contribution in [2.75, 3.05) is 13.7 Å². The summed E-state index contributed by atoms with van der Waals surface area (Å²) >= 11 is 0. The number of aryl methyl sites for hydroxylation is 1. The first-order valence-electron chi connectivity index (χ1n) is 8.30. The van der Waals surface area contributed by atoms with Gasteiger partial charge in [0, 0.05) is 31.0 Å². The predicted octanol–water partition coefficient (Wildman–Crippen LogP) is 2.93. The number of hydrogen-bond donors (Lipinski definition) is 1. The number of ether oxygens (including phenoxy) is 1. The van der Waals surface area contributed by atoms with E-state index in [4.69, 9.17) is 4.74 Å². The van der Waals surface area contributed by atoms with Crippen LogP contribution in [0.1, 0.15) is 6.42 Å². The maximum Gasteiger partial charge on any atom is 0.240 e. The van der Waals surface area contributed by atoms with Crippen molar-refractivity contribution < 1.29 is 13.2 Å². The normalized spacial score (nSPS) is 11.4. The lowest BCUT2D eigenvalue weighted by molar-refractivity contribution is 0.414. The molecule has 0 unspecified atom stereocenters. The Morgan fingerprint density at radius 2 is 1.81 bits per heavy atom. The molecular formula is C19H21N3O3S. The zero-order chi connectivity index (χ0) is 18.4. The molecule has 0 spiro atoms. The molecule has 2 aromatic carbocycles. The molecule has 0 radical (unpaired) electrons. The van der Waals surface area contributed by atoms with Crippen LogP contribution in [-0.2, 0) is 16.6 Å². The summed E-state index contributed by atoms with van der Waals surface area (Å²) in [5, 5.41) is 0. The SMILES string of the molecule is COc1ccc(S(=O)(=O)NCCCn2ccnc2-c2ccccc2)cc1. The van der Waals surface area contributed by atoms with Crippen molar-refractivity contribution in [3.63, 3.8) is 0 Å². The summed E-state index contributed by atoms with van der Waals surface area (Å²) in [5.74, 6) is 1.50. The molecule has 0 aliphatic carbocycles. The summed E-state index contributed by atoms with van der Waals surface area (Å²) in [6.07, 6.45) is 4.32. The summed E-state index contributed by atoms with van der Waals surface area (Å²) < 4.78 is 34.3. The van der Waals surface area contributed by atoms with Gasteiger partial charge in [0.05, 0.1) is 12.0 Å². The molecule has 0 saturated carbocycles. The minimum atomic E-state index is -3.52. The van der Waals surface area contributed by atoms with Crippen LogP contribution in [0.15, 0.2) is 71.9 Å². The van der Waals surface area contributed by atoms with Crippen LogP contribution in [-0.4, -0.2) is 31.6 Å². The van der Waals surface area contributed by atoms with Crippen molar-refractivity contribution in [2.24, 2.45) is 0 Å². The highest BCUT2D eigenvalue weighted by atomic mass is 32.2. The zero-order valence-corrected chi connectivity index (χ0v) is 15.3. The highest BCUT2D eigenvalue weighted by molar-refractivity contribution is 7.89. The largest absolute Gasteiger partial charge is 0.497 e. The number of hydrogen-bond acceptors (Lipinski definition) is 4. The molecule has 0 aliphatic heterocycles. The maximum absolute atomic E-state index is 12.3. The van der Waals surface area contributed by atoms with Gasteiger partial charge in [-0.15, -0.1) is 0 Å². The zero-order valence-electron chi connectivity index (χ0n) is 14.5. The van der Waals surface area contributed by atoms with Crippen LogP contribution in [0.2, 0.25) is 0 Å². The van der Waals surface area contributed by atoms with Crippen molar-refractivity contribution in [3.05, 3.63) is 67.0 Å². The number of methoxy groups -OCH3 is 1. The number of nitrogens with zero attached hydrogens (tertiary/aromatic N) is 2. The van der Waals surface area contributed by atoms with Crippen LogP contribution in [0.4, 0.5) is 0 Å². The Balaban J connectivity index is 1.57. The summed E-state index contributed by atoms with van der Waals surface area (Å²) in [6, 6.07) is 16.2. The van der Waals surface area contributed by atoms with E-state index in [1.807, 2.05) is 41.1 Å². The highest BCUT2D eigenvalue weighted by Crippen LogP contribution is 2.17. The molecule has 7 heteroatoms. The van der Waals surface area contributed by atoms with Gasteiger partial charge < -0.3 is 9.30 Å². The topological polar surface area (TPSA) is 73.2 Å². The van der Waals surface area contributed by atoms with E-state index in [9.17, 15) is 8.42 Å². The fourth-order valence-corrected chi connectivity index (χ4v) is 3.71. The highest BCUT2D eigenvalue weighted by Gasteiger charge is 2.13. The van der Waals surface area contributed by atoms with Gasteiger partial charge in [0.25, 0.3) is 0 Å². The molecule has 1 heterocycles. The van der Waals surface area contributed by atoms with E-state index in [0.717, 1.165) is 11.4 Å².